The zero-order valence-corrected chi connectivity index (χ0v) is 6.32. The highest BCUT2D eigenvalue weighted by Crippen LogP contribution is 1.75. The van der Waals surface area contributed by atoms with Crippen molar-refractivity contribution in [3.8, 4) is 0 Å². The van der Waals surface area contributed by atoms with Gasteiger partial charge in [0.15, 0.2) is 0 Å². The van der Waals surface area contributed by atoms with E-state index in [1.807, 2.05) is 0 Å². The van der Waals surface area contributed by atoms with E-state index in [2.05, 4.69) is 10.3 Å². The molecule has 0 spiro atoms. The van der Waals surface area contributed by atoms with Crippen LogP contribution in [-0.2, 0) is 14.4 Å². The Labute approximate surface area is 68.6 Å². The average molecular weight is 177 g/mol. The molecule has 7 nitrogen and oxygen atoms in total. The fourth-order valence-electron chi connectivity index (χ4n) is 0.358. The second-order valence-corrected chi connectivity index (χ2v) is 2.05. The van der Waals surface area contributed by atoms with Crippen molar-refractivity contribution >= 4 is 11.9 Å². The van der Waals surface area contributed by atoms with Gasteiger partial charge in [0.1, 0.15) is 12.6 Å². The summed E-state index contributed by atoms with van der Waals surface area (Å²) in [6, 6.07) is -1.06. The van der Waals surface area contributed by atoms with Crippen molar-refractivity contribution in [1.29, 1.82) is 0 Å². The summed E-state index contributed by atoms with van der Waals surface area (Å²) in [5.74, 6) is -1.79. The van der Waals surface area contributed by atoms with E-state index in [0.29, 0.717) is 0 Å². The Kier molecular flexibility index (Phi) is 4.93. The van der Waals surface area contributed by atoms with Crippen molar-refractivity contribution in [2.24, 2.45) is 11.5 Å². The second kappa shape index (κ2) is 5.47. The summed E-state index contributed by atoms with van der Waals surface area (Å²) in [7, 11) is 0. The van der Waals surface area contributed by atoms with Gasteiger partial charge >= 0.3 is 5.97 Å². The van der Waals surface area contributed by atoms with Crippen molar-refractivity contribution in [2.45, 2.75) is 6.04 Å². The molecule has 0 aliphatic heterocycles. The maximum Gasteiger partial charge on any atom is 0.321 e. The molecule has 6 N–H and O–H groups in total. The lowest BCUT2D eigenvalue weighted by Crippen LogP contribution is -2.41. The van der Waals surface area contributed by atoms with Crippen LogP contribution in [0.5, 0.6) is 0 Å². The molecule has 0 fully saturated rings. The van der Waals surface area contributed by atoms with Gasteiger partial charge in [0.25, 0.3) is 0 Å². The number of carboxylic acid groups (broad SMARTS) is 1. The van der Waals surface area contributed by atoms with Crippen molar-refractivity contribution in [3.63, 3.8) is 0 Å². The molecule has 0 aliphatic rings. The molecule has 12 heavy (non-hydrogen) atoms. The Balaban J connectivity index is 3.31. The largest absolute Gasteiger partial charge is 0.480 e. The molecule has 1 amide bonds. The lowest BCUT2D eigenvalue weighted by atomic mass is 10.3. The van der Waals surface area contributed by atoms with Gasteiger partial charge in [-0.1, -0.05) is 0 Å². The minimum absolute atomic E-state index is 0.0807. The topological polar surface area (TPSA) is 128 Å². The maximum absolute atomic E-state index is 10.1. The van der Waals surface area contributed by atoms with Gasteiger partial charge in [0.2, 0.25) is 5.91 Å². The highest BCUT2D eigenvalue weighted by atomic mass is 16.6. The van der Waals surface area contributed by atoms with Crippen LogP contribution in [0.25, 0.3) is 0 Å². The number of hydrogen-bond donors (Lipinski definition) is 4. The highest BCUT2D eigenvalue weighted by molar-refractivity contribution is 5.75. The first kappa shape index (κ1) is 10.8. The Bertz CT molecular complexity index is 172. The Morgan fingerprint density at radius 3 is 2.58 bits per heavy atom. The number of aliphatic carboxylic acids is 1. The monoisotopic (exact) mass is 177 g/mol. The molecule has 0 saturated carbocycles. The van der Waals surface area contributed by atoms with Gasteiger partial charge in [-0.05, 0) is 0 Å². The zero-order chi connectivity index (χ0) is 9.56. The van der Waals surface area contributed by atoms with Crippen molar-refractivity contribution in [1.82, 2.24) is 5.48 Å². The van der Waals surface area contributed by atoms with E-state index in [-0.39, 0.29) is 13.2 Å². The van der Waals surface area contributed by atoms with Crippen LogP contribution >= 0.6 is 0 Å². The minimum atomic E-state index is -1.15. The van der Waals surface area contributed by atoms with E-state index >= 15 is 0 Å². The summed E-state index contributed by atoms with van der Waals surface area (Å²) in [6.07, 6.45) is 0. The van der Waals surface area contributed by atoms with Gasteiger partial charge in [-0.25, -0.2) is 0 Å². The fourth-order valence-corrected chi connectivity index (χ4v) is 0.358. The molecule has 0 aliphatic carbocycles. The standard InChI is InChI=1S/C5H11N3O4/c6-3(5(10)11)1-8-12-2-4(7)9/h3,8H,1-2,6H2,(H2,7,9)(H,10,11). The first-order valence-electron chi connectivity index (χ1n) is 3.15. The first-order valence-corrected chi connectivity index (χ1v) is 3.15. The summed E-state index contributed by atoms with van der Waals surface area (Å²) < 4.78 is 0. The van der Waals surface area contributed by atoms with Gasteiger partial charge in [0, 0.05) is 6.54 Å². The number of hydrogen-bond acceptors (Lipinski definition) is 5. The summed E-state index contributed by atoms with van der Waals surface area (Å²) in [5.41, 5.74) is 12.0. The van der Waals surface area contributed by atoms with Gasteiger partial charge in [-0.2, -0.15) is 5.48 Å². The molecule has 0 heterocycles. The van der Waals surface area contributed by atoms with Crippen LogP contribution in [0.4, 0.5) is 0 Å². The van der Waals surface area contributed by atoms with Gasteiger partial charge in [-0.15, -0.1) is 0 Å². The summed E-state index contributed by atoms with van der Waals surface area (Å²) in [4.78, 5) is 24.7. The van der Waals surface area contributed by atoms with Crippen LogP contribution in [0, 0.1) is 0 Å². The molecular weight excluding hydrogens is 166 g/mol. The van der Waals surface area contributed by atoms with Crippen LogP contribution < -0.4 is 16.9 Å². The van der Waals surface area contributed by atoms with E-state index in [0.717, 1.165) is 0 Å². The molecule has 70 valence electrons. The van der Waals surface area contributed by atoms with Crippen molar-refractivity contribution in [2.75, 3.05) is 13.2 Å². The minimum Gasteiger partial charge on any atom is -0.480 e. The van der Waals surface area contributed by atoms with Gasteiger partial charge < -0.3 is 16.6 Å². The number of carbonyl (C=O) groups excluding carboxylic acids is 1. The molecule has 0 aromatic rings. The molecule has 7 heteroatoms. The molecule has 0 rings (SSSR count). The molecule has 0 saturated heterocycles. The van der Waals surface area contributed by atoms with Crippen molar-refractivity contribution in [3.05, 3.63) is 0 Å². The molecule has 0 radical (unpaired) electrons. The van der Waals surface area contributed by atoms with E-state index < -0.39 is 17.9 Å². The third-order valence-corrected chi connectivity index (χ3v) is 0.937. The van der Waals surface area contributed by atoms with Crippen LogP contribution in [0.3, 0.4) is 0 Å². The normalized spacial score (nSPS) is 12.4. The number of carbonyl (C=O) groups is 2. The Morgan fingerprint density at radius 1 is 1.58 bits per heavy atom. The zero-order valence-electron chi connectivity index (χ0n) is 6.32. The molecule has 1 atom stereocenters. The van der Waals surface area contributed by atoms with E-state index in [1.165, 1.54) is 0 Å². The van der Waals surface area contributed by atoms with E-state index in [9.17, 15) is 9.59 Å². The fraction of sp³-hybridized carbons (Fsp3) is 0.600. The summed E-state index contributed by atoms with van der Waals surface area (Å²) in [6.45, 7) is -0.394. The third kappa shape index (κ3) is 5.59. The number of hydroxylamine groups is 1. The molecule has 0 aromatic heterocycles. The second-order valence-electron chi connectivity index (χ2n) is 2.05. The number of nitrogens with one attached hydrogen (secondary N) is 1. The smallest absolute Gasteiger partial charge is 0.321 e. The number of nitrogens with two attached hydrogens (primary N) is 2. The van der Waals surface area contributed by atoms with Crippen LogP contribution in [-0.4, -0.2) is 36.2 Å². The predicted octanol–water partition coefficient (Wildman–Crippen LogP) is -2.60. The van der Waals surface area contributed by atoms with Crippen LogP contribution in [0.1, 0.15) is 0 Å². The molecule has 1 unspecified atom stereocenters. The number of carboxylic acids is 1. The molecule has 0 aromatic carbocycles. The lowest BCUT2D eigenvalue weighted by molar-refractivity contribution is -0.139. The first-order chi connectivity index (χ1) is 5.54. The Morgan fingerprint density at radius 2 is 2.17 bits per heavy atom. The van der Waals surface area contributed by atoms with Gasteiger partial charge in [-0.3, -0.25) is 14.4 Å². The number of rotatable bonds is 6. The lowest BCUT2D eigenvalue weighted by Gasteiger charge is -2.06. The average Bonchev–Trinajstić information content (AvgIpc) is 1.97. The van der Waals surface area contributed by atoms with Crippen molar-refractivity contribution < 1.29 is 19.5 Å². The number of amides is 1. The summed E-state index contributed by atoms with van der Waals surface area (Å²) >= 11 is 0. The molecular formula is C5H11N3O4. The predicted molar refractivity (Wildman–Crippen MR) is 38.8 cm³/mol. The van der Waals surface area contributed by atoms with Crippen LogP contribution in [0.15, 0.2) is 0 Å². The van der Waals surface area contributed by atoms with Crippen LogP contribution in [0.2, 0.25) is 0 Å². The maximum atomic E-state index is 10.1. The SMILES string of the molecule is NC(=O)CONCC(N)C(=O)O. The number of primary amides is 1. The summed E-state index contributed by atoms with van der Waals surface area (Å²) in [5, 5.41) is 8.28. The Hall–Kier alpha value is -1.18. The molecule has 0 bridgehead atoms. The van der Waals surface area contributed by atoms with E-state index in [4.69, 9.17) is 16.6 Å². The van der Waals surface area contributed by atoms with Gasteiger partial charge in [0.05, 0.1) is 0 Å². The van der Waals surface area contributed by atoms with E-state index in [1.54, 1.807) is 0 Å². The highest BCUT2D eigenvalue weighted by Gasteiger charge is 2.10. The quantitative estimate of drug-likeness (QED) is 0.260. The third-order valence-electron chi connectivity index (χ3n) is 0.937.